The maximum Gasteiger partial charge on any atom is 0.410 e. The van der Waals surface area contributed by atoms with E-state index < -0.39 is 5.60 Å². The number of hydrogen-bond acceptors (Lipinski definition) is 3. The SMILES string of the molecule is Cn1ncc(Cl)c1C1CCN(C(=O)OC(C)(C)C)CC1. The molecule has 0 N–H and O–H groups in total. The van der Waals surface area contributed by atoms with Crippen LogP contribution in [-0.2, 0) is 11.8 Å². The molecule has 0 aliphatic carbocycles. The largest absolute Gasteiger partial charge is 0.444 e. The molecule has 0 bridgehead atoms. The molecule has 0 aromatic carbocycles. The van der Waals surface area contributed by atoms with Gasteiger partial charge in [-0.15, -0.1) is 0 Å². The zero-order valence-electron chi connectivity index (χ0n) is 12.5. The van der Waals surface area contributed by atoms with E-state index in [1.165, 1.54) is 0 Å². The molecule has 1 saturated heterocycles. The van der Waals surface area contributed by atoms with Gasteiger partial charge in [0.05, 0.1) is 16.9 Å². The quantitative estimate of drug-likeness (QED) is 0.800. The second-order valence-corrected chi connectivity index (χ2v) is 6.65. The molecule has 0 radical (unpaired) electrons. The summed E-state index contributed by atoms with van der Waals surface area (Å²) in [6.45, 7) is 7.04. The smallest absolute Gasteiger partial charge is 0.410 e. The van der Waals surface area contributed by atoms with E-state index in [2.05, 4.69) is 5.10 Å². The summed E-state index contributed by atoms with van der Waals surface area (Å²) in [7, 11) is 1.90. The monoisotopic (exact) mass is 299 g/mol. The van der Waals surface area contributed by atoms with E-state index in [1.54, 1.807) is 11.1 Å². The van der Waals surface area contributed by atoms with Gasteiger partial charge >= 0.3 is 6.09 Å². The van der Waals surface area contributed by atoms with Crippen LogP contribution in [-0.4, -0.2) is 39.5 Å². The van der Waals surface area contributed by atoms with Crippen molar-refractivity contribution in [2.24, 2.45) is 7.05 Å². The van der Waals surface area contributed by atoms with E-state index in [0.29, 0.717) is 24.0 Å². The van der Waals surface area contributed by atoms with Crippen LogP contribution in [0.15, 0.2) is 6.20 Å². The topological polar surface area (TPSA) is 47.4 Å². The average Bonchev–Trinajstić information content (AvgIpc) is 2.67. The molecule has 0 atom stereocenters. The molecule has 1 amide bonds. The summed E-state index contributed by atoms with van der Waals surface area (Å²) in [5.74, 6) is 0.355. The van der Waals surface area contributed by atoms with Gasteiger partial charge in [0.1, 0.15) is 5.60 Å². The standard InChI is InChI=1S/C14H22ClN3O2/c1-14(2,3)20-13(19)18-7-5-10(6-8-18)12-11(15)9-16-17(12)4/h9-10H,5-8H2,1-4H3. The highest BCUT2D eigenvalue weighted by Crippen LogP contribution is 2.32. The molecular weight excluding hydrogens is 278 g/mol. The van der Waals surface area contributed by atoms with Crippen LogP contribution >= 0.6 is 11.6 Å². The van der Waals surface area contributed by atoms with E-state index in [1.807, 2.05) is 32.5 Å². The lowest BCUT2D eigenvalue weighted by Gasteiger charge is -2.33. The summed E-state index contributed by atoms with van der Waals surface area (Å²) in [5, 5.41) is 4.88. The number of carbonyl (C=O) groups excluding carboxylic acids is 1. The van der Waals surface area contributed by atoms with Crippen LogP contribution in [0.3, 0.4) is 0 Å². The number of likely N-dealkylation sites (tertiary alicyclic amines) is 1. The Labute approximate surface area is 124 Å². The molecule has 0 saturated carbocycles. The lowest BCUT2D eigenvalue weighted by Crippen LogP contribution is -2.41. The minimum absolute atomic E-state index is 0.230. The molecule has 1 aromatic heterocycles. The van der Waals surface area contributed by atoms with Gasteiger partial charge in [-0.3, -0.25) is 4.68 Å². The molecule has 2 heterocycles. The molecule has 112 valence electrons. The Hall–Kier alpha value is -1.23. The first-order valence-electron chi connectivity index (χ1n) is 6.93. The lowest BCUT2D eigenvalue weighted by atomic mass is 9.93. The molecule has 1 aliphatic heterocycles. The molecule has 2 rings (SSSR count). The minimum Gasteiger partial charge on any atom is -0.444 e. The predicted octanol–water partition coefficient (Wildman–Crippen LogP) is 3.19. The van der Waals surface area contributed by atoms with Crippen LogP contribution < -0.4 is 0 Å². The minimum atomic E-state index is -0.445. The van der Waals surface area contributed by atoms with Crippen LogP contribution in [0.25, 0.3) is 0 Å². The number of halogens is 1. The fourth-order valence-corrected chi connectivity index (χ4v) is 2.86. The third-order valence-corrected chi connectivity index (χ3v) is 3.76. The first-order valence-corrected chi connectivity index (χ1v) is 7.31. The highest BCUT2D eigenvalue weighted by molar-refractivity contribution is 6.31. The first-order chi connectivity index (χ1) is 9.28. The van der Waals surface area contributed by atoms with Crippen LogP contribution in [0.2, 0.25) is 5.02 Å². The van der Waals surface area contributed by atoms with E-state index in [4.69, 9.17) is 16.3 Å². The van der Waals surface area contributed by atoms with Crippen molar-refractivity contribution in [1.29, 1.82) is 0 Å². The Balaban J connectivity index is 1.94. The first kappa shape index (κ1) is 15.2. The fourth-order valence-electron chi connectivity index (χ4n) is 2.54. The van der Waals surface area contributed by atoms with Crippen LogP contribution in [0.1, 0.15) is 45.2 Å². The number of ether oxygens (including phenoxy) is 1. The molecule has 0 spiro atoms. The molecule has 1 fully saturated rings. The van der Waals surface area contributed by atoms with E-state index >= 15 is 0 Å². The van der Waals surface area contributed by atoms with E-state index in [-0.39, 0.29) is 6.09 Å². The summed E-state index contributed by atoms with van der Waals surface area (Å²) in [6, 6.07) is 0. The zero-order chi connectivity index (χ0) is 14.9. The third kappa shape index (κ3) is 3.45. The van der Waals surface area contributed by atoms with Crippen molar-refractivity contribution in [3.8, 4) is 0 Å². The van der Waals surface area contributed by atoms with Crippen molar-refractivity contribution in [2.75, 3.05) is 13.1 Å². The Morgan fingerprint density at radius 1 is 1.40 bits per heavy atom. The van der Waals surface area contributed by atoms with E-state index in [9.17, 15) is 4.79 Å². The number of carbonyl (C=O) groups is 1. The second kappa shape index (κ2) is 5.64. The number of piperidine rings is 1. The van der Waals surface area contributed by atoms with Crippen LogP contribution in [0, 0.1) is 0 Å². The van der Waals surface area contributed by atoms with Gasteiger partial charge in [-0.25, -0.2) is 4.79 Å². The predicted molar refractivity (Wildman–Crippen MR) is 78.0 cm³/mol. The highest BCUT2D eigenvalue weighted by atomic mass is 35.5. The molecule has 20 heavy (non-hydrogen) atoms. The van der Waals surface area contributed by atoms with Crippen LogP contribution in [0.5, 0.6) is 0 Å². The normalized spacial score (nSPS) is 17.4. The van der Waals surface area contributed by atoms with Gasteiger partial charge in [-0.1, -0.05) is 11.6 Å². The van der Waals surface area contributed by atoms with Crippen molar-refractivity contribution in [2.45, 2.75) is 45.1 Å². The van der Waals surface area contributed by atoms with Crippen molar-refractivity contribution >= 4 is 17.7 Å². The van der Waals surface area contributed by atoms with Gasteiger partial charge in [0.2, 0.25) is 0 Å². The van der Waals surface area contributed by atoms with Gasteiger partial charge in [-0.05, 0) is 33.6 Å². The van der Waals surface area contributed by atoms with Gasteiger partial charge in [-0.2, -0.15) is 5.10 Å². The number of rotatable bonds is 1. The number of amides is 1. The summed E-state index contributed by atoms with van der Waals surface area (Å²) < 4.78 is 7.22. The number of hydrogen-bond donors (Lipinski definition) is 0. The summed E-state index contributed by atoms with van der Waals surface area (Å²) >= 11 is 6.18. The molecule has 6 heteroatoms. The molecule has 1 aromatic rings. The Kier molecular flexibility index (Phi) is 4.28. The number of aromatic nitrogens is 2. The Bertz CT molecular complexity index is 466. The Morgan fingerprint density at radius 3 is 2.45 bits per heavy atom. The molecule has 1 aliphatic rings. The highest BCUT2D eigenvalue weighted by Gasteiger charge is 2.29. The summed E-state index contributed by atoms with van der Waals surface area (Å²) in [4.78, 5) is 13.8. The van der Waals surface area contributed by atoms with Crippen LogP contribution in [0.4, 0.5) is 4.79 Å². The van der Waals surface area contributed by atoms with Gasteiger partial charge < -0.3 is 9.64 Å². The molecular formula is C14H22ClN3O2. The number of nitrogens with zero attached hydrogens (tertiary/aromatic N) is 3. The maximum atomic E-state index is 12.0. The van der Waals surface area contributed by atoms with E-state index in [0.717, 1.165) is 18.5 Å². The average molecular weight is 300 g/mol. The lowest BCUT2D eigenvalue weighted by molar-refractivity contribution is 0.0203. The zero-order valence-corrected chi connectivity index (χ0v) is 13.3. The van der Waals surface area contributed by atoms with Crippen molar-refractivity contribution in [3.05, 3.63) is 16.9 Å². The van der Waals surface area contributed by atoms with Gasteiger partial charge in [0.25, 0.3) is 0 Å². The van der Waals surface area contributed by atoms with Crippen molar-refractivity contribution < 1.29 is 9.53 Å². The third-order valence-electron chi connectivity index (χ3n) is 3.47. The van der Waals surface area contributed by atoms with Gasteiger partial charge in [0, 0.05) is 26.1 Å². The van der Waals surface area contributed by atoms with Gasteiger partial charge in [0.15, 0.2) is 0 Å². The molecule has 5 nitrogen and oxygen atoms in total. The number of aryl methyl sites for hydroxylation is 1. The summed E-state index contributed by atoms with van der Waals surface area (Å²) in [5.41, 5.74) is 0.620. The Morgan fingerprint density at radius 2 is 2.00 bits per heavy atom. The fraction of sp³-hybridized carbons (Fsp3) is 0.714. The molecule has 0 unspecified atom stereocenters. The second-order valence-electron chi connectivity index (χ2n) is 6.24. The van der Waals surface area contributed by atoms with Crippen molar-refractivity contribution in [1.82, 2.24) is 14.7 Å². The summed E-state index contributed by atoms with van der Waals surface area (Å²) in [6.07, 6.45) is 3.22. The van der Waals surface area contributed by atoms with Crippen molar-refractivity contribution in [3.63, 3.8) is 0 Å². The maximum absolute atomic E-state index is 12.0.